The minimum absolute atomic E-state index is 0.197. The number of amides is 1. The van der Waals surface area contributed by atoms with Gasteiger partial charge in [-0.05, 0) is 23.8 Å². The minimum Gasteiger partial charge on any atom is -0.480 e. The number of aliphatic carboxylic acids is 1. The highest BCUT2D eigenvalue weighted by Crippen LogP contribution is 2.18. The Bertz CT molecular complexity index is 442. The van der Waals surface area contributed by atoms with Gasteiger partial charge in [-0.15, -0.1) is 11.3 Å². The van der Waals surface area contributed by atoms with Crippen LogP contribution >= 0.6 is 11.3 Å². The van der Waals surface area contributed by atoms with Crippen LogP contribution in [0.1, 0.15) is 35.5 Å². The summed E-state index contributed by atoms with van der Waals surface area (Å²) in [7, 11) is 1.55. The van der Waals surface area contributed by atoms with E-state index in [0.29, 0.717) is 17.9 Å². The molecule has 0 fully saturated rings. The van der Waals surface area contributed by atoms with Crippen molar-refractivity contribution in [1.82, 2.24) is 5.32 Å². The second kappa shape index (κ2) is 7.25. The number of carboxylic acid groups (broad SMARTS) is 1. The number of hydrogen-bond donors (Lipinski definition) is 2. The molecule has 19 heavy (non-hydrogen) atoms. The van der Waals surface area contributed by atoms with Gasteiger partial charge in [0.15, 0.2) is 0 Å². The van der Waals surface area contributed by atoms with Crippen molar-refractivity contribution in [3.05, 3.63) is 21.9 Å². The first-order chi connectivity index (χ1) is 8.95. The van der Waals surface area contributed by atoms with Crippen LogP contribution in [-0.2, 0) is 16.1 Å². The van der Waals surface area contributed by atoms with Gasteiger partial charge in [0.1, 0.15) is 6.04 Å². The standard InChI is InChI=1S/C13H19NO4S/c1-8(2)6-10(13(16)17)14-12(15)11-9(7-18-3)4-5-19-11/h4-5,8,10H,6-7H2,1-3H3,(H,14,15)(H,16,17)/t10-/m0/s1. The number of rotatable bonds is 7. The fourth-order valence-corrected chi connectivity index (χ4v) is 2.53. The van der Waals surface area contributed by atoms with Gasteiger partial charge in [0.05, 0.1) is 11.5 Å². The van der Waals surface area contributed by atoms with Crippen LogP contribution in [0.15, 0.2) is 11.4 Å². The van der Waals surface area contributed by atoms with Gasteiger partial charge < -0.3 is 15.2 Å². The van der Waals surface area contributed by atoms with Gasteiger partial charge in [0.2, 0.25) is 0 Å². The van der Waals surface area contributed by atoms with E-state index in [2.05, 4.69) is 5.32 Å². The number of ether oxygens (including phenoxy) is 1. The third-order valence-electron chi connectivity index (χ3n) is 2.56. The summed E-state index contributed by atoms with van der Waals surface area (Å²) in [6, 6.07) is 0.950. The predicted molar refractivity (Wildman–Crippen MR) is 73.4 cm³/mol. The molecule has 0 saturated heterocycles. The molecule has 2 N–H and O–H groups in total. The molecule has 0 aliphatic carbocycles. The Hall–Kier alpha value is -1.40. The molecule has 0 radical (unpaired) electrons. The zero-order chi connectivity index (χ0) is 14.4. The van der Waals surface area contributed by atoms with Crippen LogP contribution in [0.4, 0.5) is 0 Å². The van der Waals surface area contributed by atoms with Crippen molar-refractivity contribution in [2.45, 2.75) is 32.9 Å². The molecular weight excluding hydrogens is 266 g/mol. The Labute approximate surface area is 116 Å². The van der Waals surface area contributed by atoms with Crippen molar-refractivity contribution in [3.8, 4) is 0 Å². The predicted octanol–water partition coefficient (Wildman–Crippen LogP) is 2.12. The van der Waals surface area contributed by atoms with Crippen LogP contribution in [-0.4, -0.2) is 30.1 Å². The van der Waals surface area contributed by atoms with Crippen molar-refractivity contribution in [1.29, 1.82) is 0 Å². The van der Waals surface area contributed by atoms with Gasteiger partial charge >= 0.3 is 5.97 Å². The second-order valence-corrected chi connectivity index (χ2v) is 5.62. The van der Waals surface area contributed by atoms with E-state index in [1.165, 1.54) is 11.3 Å². The van der Waals surface area contributed by atoms with Crippen LogP contribution in [0.5, 0.6) is 0 Å². The molecule has 0 aliphatic heterocycles. The van der Waals surface area contributed by atoms with Crippen molar-refractivity contribution < 1.29 is 19.4 Å². The summed E-state index contributed by atoms with van der Waals surface area (Å²) in [5.74, 6) is -1.16. The molecule has 1 aromatic heterocycles. The zero-order valence-electron chi connectivity index (χ0n) is 11.3. The second-order valence-electron chi connectivity index (χ2n) is 4.70. The van der Waals surface area contributed by atoms with Crippen molar-refractivity contribution in [2.24, 2.45) is 5.92 Å². The third kappa shape index (κ3) is 4.65. The first-order valence-electron chi connectivity index (χ1n) is 6.04. The largest absolute Gasteiger partial charge is 0.480 e. The number of hydrogen-bond acceptors (Lipinski definition) is 4. The van der Waals surface area contributed by atoms with Gasteiger partial charge in [-0.3, -0.25) is 4.79 Å². The van der Waals surface area contributed by atoms with Crippen LogP contribution in [0, 0.1) is 5.92 Å². The topological polar surface area (TPSA) is 75.6 Å². The normalized spacial score (nSPS) is 12.4. The maximum absolute atomic E-state index is 12.1. The first kappa shape index (κ1) is 15.7. The lowest BCUT2D eigenvalue weighted by Gasteiger charge is -2.16. The molecule has 0 aromatic carbocycles. The molecule has 5 nitrogen and oxygen atoms in total. The van der Waals surface area contributed by atoms with E-state index in [1.54, 1.807) is 18.6 Å². The molecule has 0 spiro atoms. The molecule has 6 heteroatoms. The van der Waals surface area contributed by atoms with E-state index >= 15 is 0 Å². The van der Waals surface area contributed by atoms with Gasteiger partial charge in [0.25, 0.3) is 5.91 Å². The van der Waals surface area contributed by atoms with Crippen molar-refractivity contribution >= 4 is 23.2 Å². The Morgan fingerprint density at radius 1 is 1.47 bits per heavy atom. The maximum Gasteiger partial charge on any atom is 0.326 e. The number of thiophene rings is 1. The van der Waals surface area contributed by atoms with E-state index in [9.17, 15) is 9.59 Å². The average Bonchev–Trinajstić information content (AvgIpc) is 2.76. The highest BCUT2D eigenvalue weighted by atomic mass is 32.1. The monoisotopic (exact) mass is 285 g/mol. The number of carbonyl (C=O) groups excluding carboxylic acids is 1. The molecule has 1 atom stereocenters. The quantitative estimate of drug-likeness (QED) is 0.804. The van der Waals surface area contributed by atoms with Gasteiger partial charge in [0, 0.05) is 12.7 Å². The molecule has 0 bridgehead atoms. The van der Waals surface area contributed by atoms with Gasteiger partial charge in [-0.1, -0.05) is 13.8 Å². The lowest BCUT2D eigenvalue weighted by Crippen LogP contribution is -2.41. The molecule has 0 saturated carbocycles. The Kier molecular flexibility index (Phi) is 5.98. The summed E-state index contributed by atoms with van der Waals surface area (Å²) in [5.41, 5.74) is 0.777. The Morgan fingerprint density at radius 2 is 2.16 bits per heavy atom. The molecule has 1 rings (SSSR count). The van der Waals surface area contributed by atoms with Crippen molar-refractivity contribution in [2.75, 3.05) is 7.11 Å². The highest BCUT2D eigenvalue weighted by molar-refractivity contribution is 7.12. The lowest BCUT2D eigenvalue weighted by molar-refractivity contribution is -0.139. The third-order valence-corrected chi connectivity index (χ3v) is 3.52. The number of carboxylic acids is 1. The molecular formula is C13H19NO4S. The highest BCUT2D eigenvalue weighted by Gasteiger charge is 2.23. The Morgan fingerprint density at radius 3 is 2.68 bits per heavy atom. The van der Waals surface area contributed by atoms with Crippen molar-refractivity contribution in [3.63, 3.8) is 0 Å². The summed E-state index contributed by atoms with van der Waals surface area (Å²) in [6.07, 6.45) is 0.409. The summed E-state index contributed by atoms with van der Waals surface area (Å²) >= 11 is 1.29. The van der Waals surface area contributed by atoms with E-state index in [4.69, 9.17) is 9.84 Å². The summed E-state index contributed by atoms with van der Waals surface area (Å²) < 4.78 is 5.00. The smallest absolute Gasteiger partial charge is 0.326 e. The number of methoxy groups -OCH3 is 1. The fourth-order valence-electron chi connectivity index (χ4n) is 1.72. The van der Waals surface area contributed by atoms with E-state index in [0.717, 1.165) is 5.56 Å². The summed E-state index contributed by atoms with van der Waals surface area (Å²) in [6.45, 7) is 4.18. The van der Waals surface area contributed by atoms with E-state index in [1.807, 2.05) is 13.8 Å². The number of nitrogens with one attached hydrogen (secondary N) is 1. The van der Waals surface area contributed by atoms with Crippen LogP contribution < -0.4 is 5.32 Å². The maximum atomic E-state index is 12.1. The molecule has 0 unspecified atom stereocenters. The minimum atomic E-state index is -1.01. The van der Waals surface area contributed by atoms with E-state index < -0.39 is 12.0 Å². The fraction of sp³-hybridized carbons (Fsp3) is 0.538. The molecule has 1 aromatic rings. The van der Waals surface area contributed by atoms with Crippen LogP contribution in [0.3, 0.4) is 0 Å². The zero-order valence-corrected chi connectivity index (χ0v) is 12.1. The Balaban J connectivity index is 2.76. The lowest BCUT2D eigenvalue weighted by atomic mass is 10.0. The average molecular weight is 285 g/mol. The summed E-state index contributed by atoms with van der Waals surface area (Å²) in [4.78, 5) is 23.7. The van der Waals surface area contributed by atoms with Gasteiger partial charge in [-0.25, -0.2) is 4.79 Å². The first-order valence-corrected chi connectivity index (χ1v) is 6.92. The molecule has 106 valence electrons. The van der Waals surface area contributed by atoms with Crippen LogP contribution in [0.2, 0.25) is 0 Å². The number of carbonyl (C=O) groups is 2. The molecule has 0 aliphatic rings. The van der Waals surface area contributed by atoms with E-state index in [-0.39, 0.29) is 11.8 Å². The van der Waals surface area contributed by atoms with Crippen LogP contribution in [0.25, 0.3) is 0 Å². The SMILES string of the molecule is COCc1ccsc1C(=O)N[C@@H](CC(C)C)C(=O)O. The summed E-state index contributed by atoms with van der Waals surface area (Å²) in [5, 5.41) is 13.5. The molecule has 1 amide bonds. The van der Waals surface area contributed by atoms with Gasteiger partial charge in [-0.2, -0.15) is 0 Å². The molecule has 1 heterocycles.